The molecule has 1 atom stereocenters. The number of hydrogen-bond donors (Lipinski definition) is 1. The lowest BCUT2D eigenvalue weighted by Gasteiger charge is -2.03. The summed E-state index contributed by atoms with van der Waals surface area (Å²) >= 11 is 0. The lowest BCUT2D eigenvalue weighted by Crippen LogP contribution is -2.07. The van der Waals surface area contributed by atoms with E-state index in [0.29, 0.717) is 6.42 Å². The fraction of sp³-hybridized carbons (Fsp3) is 1.00. The quantitative estimate of drug-likeness (QED) is 0.573. The van der Waals surface area contributed by atoms with Gasteiger partial charge in [0.2, 0.25) is 0 Å². The molecule has 0 aromatic carbocycles. The first-order valence-corrected chi connectivity index (χ1v) is 4.05. The van der Waals surface area contributed by atoms with E-state index in [9.17, 15) is 4.39 Å². The molecule has 0 fully saturated rings. The number of aliphatic hydroxyl groups excluding tert-OH is 1. The van der Waals surface area contributed by atoms with Crippen molar-refractivity contribution in [3.05, 3.63) is 0 Å². The predicted octanol–water partition coefficient (Wildman–Crippen LogP) is 2.29. The van der Waals surface area contributed by atoms with Crippen LogP contribution in [0.3, 0.4) is 0 Å². The second kappa shape index (κ2) is 7.00. The summed E-state index contributed by atoms with van der Waals surface area (Å²) < 4.78 is 11.6. The fourth-order valence-corrected chi connectivity index (χ4v) is 0.884. The van der Waals surface area contributed by atoms with Crippen LogP contribution in [0.4, 0.5) is 4.39 Å². The highest BCUT2D eigenvalue weighted by atomic mass is 19.1. The molecule has 0 heterocycles. The highest BCUT2D eigenvalue weighted by Gasteiger charge is 2.00. The van der Waals surface area contributed by atoms with Gasteiger partial charge >= 0.3 is 0 Å². The van der Waals surface area contributed by atoms with Gasteiger partial charge in [-0.05, 0) is 6.42 Å². The van der Waals surface area contributed by atoms with Crippen molar-refractivity contribution in [2.24, 2.45) is 0 Å². The second-order valence-electron chi connectivity index (χ2n) is 2.66. The monoisotopic (exact) mass is 148 g/mol. The van der Waals surface area contributed by atoms with Gasteiger partial charge in [0.1, 0.15) is 6.67 Å². The molecule has 0 amide bonds. The lowest BCUT2D eigenvalue weighted by molar-refractivity contribution is 0.128. The van der Waals surface area contributed by atoms with Crippen LogP contribution in [0.5, 0.6) is 0 Å². The van der Waals surface area contributed by atoms with Crippen molar-refractivity contribution >= 4 is 0 Å². The zero-order chi connectivity index (χ0) is 7.82. The first kappa shape index (κ1) is 9.89. The molecule has 0 unspecified atom stereocenters. The predicted molar refractivity (Wildman–Crippen MR) is 40.7 cm³/mol. The zero-order valence-corrected chi connectivity index (χ0v) is 6.65. The first-order valence-electron chi connectivity index (χ1n) is 4.05. The molecule has 0 aromatic heterocycles. The summed E-state index contributed by atoms with van der Waals surface area (Å²) in [6.45, 7) is 1.54. The maximum atomic E-state index is 11.6. The molecule has 0 aliphatic carbocycles. The van der Waals surface area contributed by atoms with Crippen LogP contribution in [0.15, 0.2) is 0 Å². The van der Waals surface area contributed by atoms with Crippen LogP contribution in [-0.4, -0.2) is 17.9 Å². The van der Waals surface area contributed by atoms with E-state index in [1.54, 1.807) is 0 Å². The Hall–Kier alpha value is -0.110. The third-order valence-electron chi connectivity index (χ3n) is 1.57. The van der Waals surface area contributed by atoms with E-state index in [1.807, 2.05) is 0 Å². The third kappa shape index (κ3) is 6.02. The normalized spacial score (nSPS) is 13.5. The minimum atomic E-state index is -0.711. The van der Waals surface area contributed by atoms with Gasteiger partial charge in [0.25, 0.3) is 0 Å². The van der Waals surface area contributed by atoms with Gasteiger partial charge < -0.3 is 5.11 Å². The van der Waals surface area contributed by atoms with Gasteiger partial charge in [-0.1, -0.05) is 32.6 Å². The maximum absolute atomic E-state index is 11.6. The molecule has 2 heteroatoms. The van der Waals surface area contributed by atoms with Crippen LogP contribution < -0.4 is 0 Å². The number of unbranched alkanes of at least 4 members (excludes halogenated alkanes) is 3. The fourth-order valence-electron chi connectivity index (χ4n) is 0.884. The van der Waals surface area contributed by atoms with Gasteiger partial charge in [-0.15, -0.1) is 0 Å². The van der Waals surface area contributed by atoms with Crippen LogP contribution in [-0.2, 0) is 0 Å². The second-order valence-corrected chi connectivity index (χ2v) is 2.66. The first-order chi connectivity index (χ1) is 4.81. The van der Waals surface area contributed by atoms with Crippen LogP contribution in [0.1, 0.15) is 39.0 Å². The van der Waals surface area contributed by atoms with E-state index in [-0.39, 0.29) is 0 Å². The van der Waals surface area contributed by atoms with E-state index in [4.69, 9.17) is 5.11 Å². The van der Waals surface area contributed by atoms with Crippen molar-refractivity contribution in [1.82, 2.24) is 0 Å². The van der Waals surface area contributed by atoms with Crippen LogP contribution in [0, 0.1) is 0 Å². The van der Waals surface area contributed by atoms with Gasteiger partial charge in [-0.25, -0.2) is 4.39 Å². The number of rotatable bonds is 6. The van der Waals surface area contributed by atoms with E-state index in [1.165, 1.54) is 12.8 Å². The minimum absolute atomic E-state index is 0.591. The molecule has 1 N–H and O–H groups in total. The molecule has 62 valence electrons. The molecule has 0 aliphatic rings. The molecular formula is C8H17FO. The van der Waals surface area contributed by atoms with Crippen molar-refractivity contribution in [2.75, 3.05) is 6.67 Å². The maximum Gasteiger partial charge on any atom is 0.115 e. The summed E-state index contributed by atoms with van der Waals surface area (Å²) in [5.74, 6) is 0. The number of alkyl halides is 1. The number of halogens is 1. The van der Waals surface area contributed by atoms with Crippen molar-refractivity contribution < 1.29 is 9.50 Å². The van der Waals surface area contributed by atoms with Gasteiger partial charge in [0.05, 0.1) is 6.10 Å². The molecule has 0 bridgehead atoms. The van der Waals surface area contributed by atoms with Gasteiger partial charge in [-0.2, -0.15) is 0 Å². The Labute approximate surface area is 62.3 Å². The molecule has 0 rings (SSSR count). The van der Waals surface area contributed by atoms with Crippen molar-refractivity contribution in [3.8, 4) is 0 Å². The smallest absolute Gasteiger partial charge is 0.115 e. The summed E-state index contributed by atoms with van der Waals surface area (Å²) in [6.07, 6.45) is 4.37. The van der Waals surface area contributed by atoms with E-state index in [0.717, 1.165) is 12.8 Å². The summed E-state index contributed by atoms with van der Waals surface area (Å²) in [6, 6.07) is 0. The van der Waals surface area contributed by atoms with Crippen LogP contribution >= 0.6 is 0 Å². The third-order valence-corrected chi connectivity index (χ3v) is 1.57. The highest BCUT2D eigenvalue weighted by molar-refractivity contribution is 4.52. The minimum Gasteiger partial charge on any atom is -0.390 e. The molecule has 0 saturated heterocycles. The standard InChI is InChI=1S/C8H17FO/c1-2-3-4-5-6-8(10)7-9/h8,10H,2-7H2,1H3/t8-/m1/s1. The molecule has 10 heavy (non-hydrogen) atoms. The molecule has 0 radical (unpaired) electrons. The largest absolute Gasteiger partial charge is 0.390 e. The average Bonchev–Trinajstić information content (AvgIpc) is 1.98. The zero-order valence-electron chi connectivity index (χ0n) is 6.65. The Morgan fingerprint density at radius 1 is 1.30 bits per heavy atom. The Kier molecular flexibility index (Phi) is 6.93. The molecule has 0 saturated carbocycles. The summed E-state index contributed by atoms with van der Waals surface area (Å²) in [5, 5.41) is 8.78. The molecular weight excluding hydrogens is 131 g/mol. The SMILES string of the molecule is CCCCCC[C@@H](O)CF. The van der Waals surface area contributed by atoms with Crippen molar-refractivity contribution in [1.29, 1.82) is 0 Å². The summed E-state index contributed by atoms with van der Waals surface area (Å²) in [4.78, 5) is 0. The molecule has 0 aromatic rings. The van der Waals surface area contributed by atoms with E-state index in [2.05, 4.69) is 6.92 Å². The number of hydrogen-bond acceptors (Lipinski definition) is 1. The molecule has 0 aliphatic heterocycles. The van der Waals surface area contributed by atoms with Gasteiger partial charge in [-0.3, -0.25) is 0 Å². The van der Waals surface area contributed by atoms with Crippen LogP contribution in [0.25, 0.3) is 0 Å². The van der Waals surface area contributed by atoms with Gasteiger partial charge in [0.15, 0.2) is 0 Å². The summed E-state index contributed by atoms with van der Waals surface area (Å²) in [5.41, 5.74) is 0. The molecule has 0 spiro atoms. The Morgan fingerprint density at radius 3 is 2.50 bits per heavy atom. The highest BCUT2D eigenvalue weighted by Crippen LogP contribution is 2.05. The average molecular weight is 148 g/mol. The van der Waals surface area contributed by atoms with Crippen LogP contribution in [0.2, 0.25) is 0 Å². The van der Waals surface area contributed by atoms with Crippen molar-refractivity contribution in [3.63, 3.8) is 0 Å². The number of aliphatic hydroxyl groups is 1. The van der Waals surface area contributed by atoms with Gasteiger partial charge in [0, 0.05) is 0 Å². The Balaban J connectivity index is 2.89. The molecule has 1 nitrogen and oxygen atoms in total. The Bertz CT molecular complexity index is 66.3. The van der Waals surface area contributed by atoms with E-state index < -0.39 is 12.8 Å². The topological polar surface area (TPSA) is 20.2 Å². The van der Waals surface area contributed by atoms with Crippen molar-refractivity contribution in [2.45, 2.75) is 45.1 Å². The van der Waals surface area contributed by atoms with E-state index >= 15 is 0 Å². The lowest BCUT2D eigenvalue weighted by atomic mass is 10.1. The Morgan fingerprint density at radius 2 is 2.00 bits per heavy atom. The summed E-state index contributed by atoms with van der Waals surface area (Å²) in [7, 11) is 0.